The lowest BCUT2D eigenvalue weighted by molar-refractivity contribution is 0.0514. The molecule has 0 aromatic heterocycles. The van der Waals surface area contributed by atoms with E-state index < -0.39 is 11.7 Å². The first-order valence-corrected chi connectivity index (χ1v) is 11.8. The maximum Gasteiger partial charge on any atom is 0.408 e. The highest BCUT2D eigenvalue weighted by Crippen LogP contribution is 2.27. The smallest absolute Gasteiger partial charge is 0.408 e. The van der Waals surface area contributed by atoms with Crippen LogP contribution in [0.2, 0.25) is 0 Å². The van der Waals surface area contributed by atoms with E-state index in [-0.39, 0.29) is 6.04 Å². The van der Waals surface area contributed by atoms with E-state index in [1.807, 2.05) is 39.0 Å². The van der Waals surface area contributed by atoms with Gasteiger partial charge in [0.1, 0.15) is 5.60 Å². The largest absolute Gasteiger partial charge is 0.444 e. The quantitative estimate of drug-likeness (QED) is 0.360. The minimum absolute atomic E-state index is 0.189. The van der Waals surface area contributed by atoms with Crippen LogP contribution >= 0.6 is 12.2 Å². The van der Waals surface area contributed by atoms with Crippen LogP contribution in [0.4, 0.5) is 4.79 Å². The number of carbonyl (C=O) groups excluding carboxylic acids is 1. The molecule has 0 heterocycles. The van der Waals surface area contributed by atoms with Gasteiger partial charge in [0.2, 0.25) is 0 Å². The van der Waals surface area contributed by atoms with Crippen LogP contribution in [0.3, 0.4) is 0 Å². The zero-order valence-corrected chi connectivity index (χ0v) is 19.7. The third-order valence-electron chi connectivity index (χ3n) is 5.37. The van der Waals surface area contributed by atoms with Crippen molar-refractivity contribution in [3.8, 4) is 0 Å². The molecule has 5 nitrogen and oxygen atoms in total. The predicted molar refractivity (Wildman–Crippen MR) is 128 cm³/mol. The number of amides is 1. The molecule has 2 rings (SSSR count). The Morgan fingerprint density at radius 1 is 1.13 bits per heavy atom. The lowest BCUT2D eigenvalue weighted by Gasteiger charge is -2.27. The number of alkyl carbamates (subject to hydrolysis) is 1. The summed E-state index contributed by atoms with van der Waals surface area (Å²) in [5.74, 6) is 0.747. The standard InChI is InChI=1S/C24H39N3O2S/c1-24(2,3)29-23(28)27-21(15-14-19-10-6-4-7-11-19)22(30)26-17-16-25-18-20-12-8-5-9-13-20/h5,8-9,12-13,19,21,25H,4,6-7,10-11,14-18H2,1-3H3,(H,26,30)(H,27,28). The van der Waals surface area contributed by atoms with Crippen LogP contribution < -0.4 is 16.0 Å². The molecule has 1 aromatic rings. The van der Waals surface area contributed by atoms with Crippen molar-refractivity contribution >= 4 is 23.3 Å². The zero-order chi connectivity index (χ0) is 21.8. The molecule has 0 spiro atoms. The molecule has 1 fully saturated rings. The number of nitrogens with one attached hydrogen (secondary N) is 3. The molecule has 168 valence electrons. The second-order valence-corrected chi connectivity index (χ2v) is 9.67. The third-order valence-corrected chi connectivity index (χ3v) is 5.80. The van der Waals surface area contributed by atoms with Crippen LogP contribution in [0.25, 0.3) is 0 Å². The first kappa shape index (κ1) is 24.6. The Bertz CT molecular complexity index is 640. The third kappa shape index (κ3) is 10.4. The summed E-state index contributed by atoms with van der Waals surface area (Å²) in [5, 5.41) is 9.74. The zero-order valence-electron chi connectivity index (χ0n) is 18.8. The van der Waals surface area contributed by atoms with Gasteiger partial charge in [0.05, 0.1) is 11.0 Å². The fraction of sp³-hybridized carbons (Fsp3) is 0.667. The molecule has 3 N–H and O–H groups in total. The molecule has 1 saturated carbocycles. The Balaban J connectivity index is 1.78. The number of benzene rings is 1. The predicted octanol–water partition coefficient (Wildman–Crippen LogP) is 4.95. The van der Waals surface area contributed by atoms with E-state index in [1.54, 1.807) is 0 Å². The van der Waals surface area contributed by atoms with Gasteiger partial charge >= 0.3 is 6.09 Å². The molecule has 1 aliphatic rings. The van der Waals surface area contributed by atoms with E-state index in [0.717, 1.165) is 38.4 Å². The fourth-order valence-electron chi connectivity index (χ4n) is 3.82. The van der Waals surface area contributed by atoms with Crippen molar-refractivity contribution in [2.24, 2.45) is 5.92 Å². The van der Waals surface area contributed by atoms with Crippen LogP contribution in [-0.4, -0.2) is 35.8 Å². The highest BCUT2D eigenvalue weighted by atomic mass is 32.1. The first-order chi connectivity index (χ1) is 14.3. The van der Waals surface area contributed by atoms with Crippen molar-refractivity contribution in [1.82, 2.24) is 16.0 Å². The molecule has 0 aliphatic heterocycles. The van der Waals surface area contributed by atoms with E-state index >= 15 is 0 Å². The second-order valence-electron chi connectivity index (χ2n) is 9.23. The molecule has 0 saturated heterocycles. The lowest BCUT2D eigenvalue weighted by Crippen LogP contribution is -2.48. The van der Waals surface area contributed by atoms with E-state index in [1.165, 1.54) is 37.7 Å². The van der Waals surface area contributed by atoms with Crippen LogP contribution in [0.15, 0.2) is 30.3 Å². The highest BCUT2D eigenvalue weighted by molar-refractivity contribution is 7.80. The maximum atomic E-state index is 12.3. The number of rotatable bonds is 10. The maximum absolute atomic E-state index is 12.3. The number of hydrogen-bond donors (Lipinski definition) is 3. The minimum atomic E-state index is -0.519. The number of ether oxygens (including phenoxy) is 1. The van der Waals surface area contributed by atoms with Gasteiger partial charge < -0.3 is 20.7 Å². The Labute approximate surface area is 187 Å². The van der Waals surface area contributed by atoms with Gasteiger partial charge in [-0.2, -0.15) is 0 Å². The monoisotopic (exact) mass is 433 g/mol. The van der Waals surface area contributed by atoms with Gasteiger partial charge in [-0.3, -0.25) is 0 Å². The summed E-state index contributed by atoms with van der Waals surface area (Å²) >= 11 is 5.64. The van der Waals surface area contributed by atoms with Crippen LogP contribution in [-0.2, 0) is 11.3 Å². The topological polar surface area (TPSA) is 62.4 Å². The average molecular weight is 434 g/mol. The SMILES string of the molecule is CC(C)(C)OC(=O)NC(CCC1CCCCC1)C(=S)NCCNCc1ccccc1. The van der Waals surface area contributed by atoms with Crippen molar-refractivity contribution < 1.29 is 9.53 Å². The fourth-order valence-corrected chi connectivity index (χ4v) is 4.10. The molecular formula is C24H39N3O2S. The molecule has 1 aliphatic carbocycles. The van der Waals surface area contributed by atoms with Gasteiger partial charge in [-0.15, -0.1) is 0 Å². The van der Waals surface area contributed by atoms with Crippen molar-refractivity contribution in [1.29, 1.82) is 0 Å². The van der Waals surface area contributed by atoms with Crippen molar-refractivity contribution in [2.75, 3.05) is 13.1 Å². The van der Waals surface area contributed by atoms with E-state index in [0.29, 0.717) is 4.99 Å². The summed E-state index contributed by atoms with van der Waals surface area (Å²) in [6, 6.07) is 10.1. The molecule has 0 radical (unpaired) electrons. The summed E-state index contributed by atoms with van der Waals surface area (Å²) in [7, 11) is 0. The van der Waals surface area contributed by atoms with Crippen molar-refractivity contribution in [2.45, 2.75) is 83.9 Å². The summed E-state index contributed by atoms with van der Waals surface area (Å²) in [5.41, 5.74) is 0.742. The van der Waals surface area contributed by atoms with Gasteiger partial charge in [-0.25, -0.2) is 4.79 Å². The first-order valence-electron chi connectivity index (χ1n) is 11.4. The minimum Gasteiger partial charge on any atom is -0.444 e. The lowest BCUT2D eigenvalue weighted by atomic mass is 9.85. The van der Waals surface area contributed by atoms with E-state index in [4.69, 9.17) is 17.0 Å². The highest BCUT2D eigenvalue weighted by Gasteiger charge is 2.23. The average Bonchev–Trinajstić information content (AvgIpc) is 2.71. The van der Waals surface area contributed by atoms with Crippen molar-refractivity contribution in [3.63, 3.8) is 0 Å². The van der Waals surface area contributed by atoms with Crippen LogP contribution in [0.1, 0.15) is 71.3 Å². The molecule has 1 atom stereocenters. The molecule has 1 aromatic carbocycles. The number of thiocarbonyl (C=S) groups is 1. The number of carbonyl (C=O) groups is 1. The summed E-state index contributed by atoms with van der Waals surface area (Å²) in [6.07, 6.45) is 8.14. The van der Waals surface area contributed by atoms with E-state index in [9.17, 15) is 4.79 Å². The van der Waals surface area contributed by atoms with Gasteiger partial charge in [0.25, 0.3) is 0 Å². The Hall–Kier alpha value is -1.66. The Kier molecular flexibility index (Phi) is 10.6. The van der Waals surface area contributed by atoms with E-state index in [2.05, 4.69) is 28.1 Å². The van der Waals surface area contributed by atoms with Crippen LogP contribution in [0, 0.1) is 5.92 Å². The summed E-state index contributed by atoms with van der Waals surface area (Å²) in [4.78, 5) is 13.0. The Morgan fingerprint density at radius 2 is 1.83 bits per heavy atom. The van der Waals surface area contributed by atoms with Gasteiger partial charge in [-0.1, -0.05) is 74.7 Å². The van der Waals surface area contributed by atoms with Gasteiger partial charge in [-0.05, 0) is 45.1 Å². The van der Waals surface area contributed by atoms with Gasteiger partial charge in [0.15, 0.2) is 0 Å². The molecule has 6 heteroatoms. The molecular weight excluding hydrogens is 394 g/mol. The summed E-state index contributed by atoms with van der Waals surface area (Å²) in [6.45, 7) is 7.98. The van der Waals surface area contributed by atoms with Crippen LogP contribution in [0.5, 0.6) is 0 Å². The second kappa shape index (κ2) is 12.9. The molecule has 1 amide bonds. The molecule has 0 bridgehead atoms. The normalized spacial score (nSPS) is 16.0. The van der Waals surface area contributed by atoms with Gasteiger partial charge in [0, 0.05) is 19.6 Å². The van der Waals surface area contributed by atoms with Crippen molar-refractivity contribution in [3.05, 3.63) is 35.9 Å². The summed E-state index contributed by atoms with van der Waals surface area (Å²) < 4.78 is 5.45. The molecule has 30 heavy (non-hydrogen) atoms. The molecule has 1 unspecified atom stereocenters. The number of hydrogen-bond acceptors (Lipinski definition) is 4. The Morgan fingerprint density at radius 3 is 2.50 bits per heavy atom.